The van der Waals surface area contributed by atoms with E-state index in [2.05, 4.69) is 4.98 Å². The monoisotopic (exact) mass is 324 g/mol. The third-order valence-electron chi connectivity index (χ3n) is 4.96. The van der Waals surface area contributed by atoms with Gasteiger partial charge in [-0.15, -0.1) is 0 Å². The topological polar surface area (TPSA) is 68.7 Å². The largest absolute Gasteiger partial charge is 0.491 e. The standard InChI is InChI=1S/C15H20N2O4S/c18-22(19,14-3-4-14)17-7-12-8-20-10-15(12,9-17)11-21-13-2-1-5-16-6-13/h1-2,5-6,12,14H,3-4,7-11H2/t12-,15+/m0/s1. The zero-order valence-corrected chi connectivity index (χ0v) is 13.2. The first kappa shape index (κ1) is 14.4. The van der Waals surface area contributed by atoms with Crippen LogP contribution in [-0.4, -0.2) is 55.9 Å². The van der Waals surface area contributed by atoms with Crippen LogP contribution in [0.25, 0.3) is 0 Å². The molecule has 120 valence electrons. The molecule has 4 rings (SSSR count). The van der Waals surface area contributed by atoms with Crippen LogP contribution in [0, 0.1) is 11.3 Å². The van der Waals surface area contributed by atoms with Crippen LogP contribution in [0.4, 0.5) is 0 Å². The van der Waals surface area contributed by atoms with E-state index in [1.807, 2.05) is 12.1 Å². The molecule has 2 aliphatic heterocycles. The highest BCUT2D eigenvalue weighted by atomic mass is 32.2. The van der Waals surface area contributed by atoms with E-state index in [1.165, 1.54) is 0 Å². The highest BCUT2D eigenvalue weighted by molar-refractivity contribution is 7.90. The van der Waals surface area contributed by atoms with Gasteiger partial charge in [0.15, 0.2) is 0 Å². The lowest BCUT2D eigenvalue weighted by atomic mass is 9.82. The molecule has 0 amide bonds. The van der Waals surface area contributed by atoms with Gasteiger partial charge in [-0.2, -0.15) is 0 Å². The second kappa shape index (κ2) is 5.18. The fourth-order valence-corrected chi connectivity index (χ4v) is 5.40. The Morgan fingerprint density at radius 3 is 3.05 bits per heavy atom. The van der Waals surface area contributed by atoms with E-state index in [1.54, 1.807) is 16.7 Å². The van der Waals surface area contributed by atoms with Gasteiger partial charge in [0.2, 0.25) is 10.0 Å². The fourth-order valence-electron chi connectivity index (χ4n) is 3.42. The van der Waals surface area contributed by atoms with Crippen LogP contribution in [0.5, 0.6) is 5.75 Å². The van der Waals surface area contributed by atoms with E-state index in [0.717, 1.165) is 12.8 Å². The fraction of sp³-hybridized carbons (Fsp3) is 0.667. The van der Waals surface area contributed by atoms with Crippen LogP contribution in [0.1, 0.15) is 12.8 Å². The third kappa shape index (κ3) is 2.41. The Balaban J connectivity index is 1.49. The highest BCUT2D eigenvalue weighted by Gasteiger charge is 2.56. The molecule has 7 heteroatoms. The van der Waals surface area contributed by atoms with Crippen molar-refractivity contribution in [2.45, 2.75) is 18.1 Å². The summed E-state index contributed by atoms with van der Waals surface area (Å²) in [7, 11) is -3.12. The molecule has 3 heterocycles. The first-order valence-electron chi connectivity index (χ1n) is 7.70. The summed E-state index contributed by atoms with van der Waals surface area (Å²) in [6.07, 6.45) is 4.99. The number of hydrogen-bond donors (Lipinski definition) is 0. The molecular formula is C15H20N2O4S. The molecule has 0 aromatic carbocycles. The Hall–Kier alpha value is -1.18. The van der Waals surface area contributed by atoms with Crippen LogP contribution in [0.3, 0.4) is 0 Å². The Bertz CT molecular complexity index is 647. The number of hydrogen-bond acceptors (Lipinski definition) is 5. The van der Waals surface area contributed by atoms with E-state index in [0.29, 0.717) is 38.7 Å². The molecule has 1 aliphatic carbocycles. The average Bonchev–Trinajstić information content (AvgIpc) is 3.21. The number of ether oxygens (including phenoxy) is 2. The van der Waals surface area contributed by atoms with Gasteiger partial charge in [0, 0.05) is 30.6 Å². The van der Waals surface area contributed by atoms with Crippen LogP contribution >= 0.6 is 0 Å². The molecule has 1 saturated carbocycles. The van der Waals surface area contributed by atoms with Gasteiger partial charge < -0.3 is 9.47 Å². The molecule has 22 heavy (non-hydrogen) atoms. The van der Waals surface area contributed by atoms with Crippen molar-refractivity contribution in [3.8, 4) is 5.75 Å². The second-order valence-electron chi connectivity index (χ2n) is 6.59. The van der Waals surface area contributed by atoms with Crippen molar-refractivity contribution in [2.75, 3.05) is 32.9 Å². The molecule has 0 bridgehead atoms. The number of nitrogens with zero attached hydrogens (tertiary/aromatic N) is 2. The predicted octanol–water partition coefficient (Wildman–Crippen LogP) is 0.901. The van der Waals surface area contributed by atoms with Gasteiger partial charge in [-0.3, -0.25) is 4.98 Å². The van der Waals surface area contributed by atoms with Crippen LogP contribution in [0.15, 0.2) is 24.5 Å². The van der Waals surface area contributed by atoms with Crippen molar-refractivity contribution < 1.29 is 17.9 Å². The van der Waals surface area contributed by atoms with E-state index in [9.17, 15) is 8.42 Å². The van der Waals surface area contributed by atoms with Crippen LogP contribution in [-0.2, 0) is 14.8 Å². The second-order valence-corrected chi connectivity index (χ2v) is 8.80. The Kier molecular flexibility index (Phi) is 3.39. The van der Waals surface area contributed by atoms with Gasteiger partial charge in [0.25, 0.3) is 0 Å². The molecule has 1 aromatic heterocycles. The average molecular weight is 324 g/mol. The Morgan fingerprint density at radius 1 is 1.45 bits per heavy atom. The number of aromatic nitrogens is 1. The van der Waals surface area contributed by atoms with Crippen molar-refractivity contribution in [2.24, 2.45) is 11.3 Å². The number of sulfonamides is 1. The smallest absolute Gasteiger partial charge is 0.217 e. The molecule has 3 fully saturated rings. The summed E-state index contributed by atoms with van der Waals surface area (Å²) in [5, 5.41) is -0.150. The summed E-state index contributed by atoms with van der Waals surface area (Å²) >= 11 is 0. The lowest BCUT2D eigenvalue weighted by Gasteiger charge is -2.27. The molecule has 3 aliphatic rings. The van der Waals surface area contributed by atoms with E-state index >= 15 is 0 Å². The summed E-state index contributed by atoms with van der Waals surface area (Å²) in [5.74, 6) is 0.934. The van der Waals surface area contributed by atoms with Crippen molar-refractivity contribution in [1.29, 1.82) is 0 Å². The lowest BCUT2D eigenvalue weighted by molar-refractivity contribution is 0.101. The normalized spacial score (nSPS) is 32.1. The van der Waals surface area contributed by atoms with Gasteiger partial charge in [0.05, 0.1) is 31.3 Å². The van der Waals surface area contributed by atoms with E-state index in [-0.39, 0.29) is 16.6 Å². The molecule has 0 unspecified atom stereocenters. The summed E-state index contributed by atoms with van der Waals surface area (Å²) in [4.78, 5) is 4.04. The predicted molar refractivity (Wildman–Crippen MR) is 80.0 cm³/mol. The number of fused-ring (bicyclic) bond motifs is 1. The number of pyridine rings is 1. The van der Waals surface area contributed by atoms with Crippen molar-refractivity contribution in [3.05, 3.63) is 24.5 Å². The van der Waals surface area contributed by atoms with Gasteiger partial charge in [-0.25, -0.2) is 12.7 Å². The summed E-state index contributed by atoms with van der Waals surface area (Å²) in [5.41, 5.74) is -0.224. The van der Waals surface area contributed by atoms with Gasteiger partial charge in [0.1, 0.15) is 5.75 Å². The molecule has 6 nitrogen and oxygen atoms in total. The quantitative estimate of drug-likeness (QED) is 0.805. The van der Waals surface area contributed by atoms with Crippen LogP contribution in [0.2, 0.25) is 0 Å². The summed E-state index contributed by atoms with van der Waals surface area (Å²) < 4.78 is 38.1. The Morgan fingerprint density at radius 2 is 2.32 bits per heavy atom. The zero-order chi connectivity index (χ0) is 15.2. The maximum absolute atomic E-state index is 12.5. The minimum Gasteiger partial charge on any atom is -0.491 e. The van der Waals surface area contributed by atoms with Gasteiger partial charge in [-0.1, -0.05) is 0 Å². The number of rotatable bonds is 5. The van der Waals surface area contributed by atoms with E-state index < -0.39 is 10.0 Å². The summed E-state index contributed by atoms with van der Waals surface area (Å²) in [6, 6.07) is 3.69. The van der Waals surface area contributed by atoms with Crippen molar-refractivity contribution >= 4 is 10.0 Å². The molecule has 0 radical (unpaired) electrons. The first-order chi connectivity index (χ1) is 10.6. The first-order valence-corrected chi connectivity index (χ1v) is 9.20. The molecule has 1 aromatic rings. The highest BCUT2D eigenvalue weighted by Crippen LogP contribution is 2.45. The maximum atomic E-state index is 12.5. The summed E-state index contributed by atoms with van der Waals surface area (Å²) in [6.45, 7) is 2.73. The zero-order valence-electron chi connectivity index (χ0n) is 12.3. The van der Waals surface area contributed by atoms with Crippen molar-refractivity contribution in [1.82, 2.24) is 9.29 Å². The molecular weight excluding hydrogens is 304 g/mol. The maximum Gasteiger partial charge on any atom is 0.217 e. The van der Waals surface area contributed by atoms with E-state index in [4.69, 9.17) is 9.47 Å². The SMILES string of the molecule is O=S(=O)(C1CC1)N1C[C@H]2COC[C@@]2(COc2cccnc2)C1. The molecule has 0 spiro atoms. The van der Waals surface area contributed by atoms with Crippen molar-refractivity contribution in [3.63, 3.8) is 0 Å². The van der Waals surface area contributed by atoms with Gasteiger partial charge in [-0.05, 0) is 25.0 Å². The lowest BCUT2D eigenvalue weighted by Crippen LogP contribution is -2.39. The Labute approximate surface area is 130 Å². The molecule has 2 atom stereocenters. The third-order valence-corrected chi connectivity index (χ3v) is 7.27. The van der Waals surface area contributed by atoms with Crippen LogP contribution < -0.4 is 4.74 Å². The molecule has 0 N–H and O–H groups in total. The molecule has 2 saturated heterocycles. The minimum atomic E-state index is -3.12. The van der Waals surface area contributed by atoms with Gasteiger partial charge >= 0.3 is 0 Å². The minimum absolute atomic E-state index is 0.150.